The van der Waals surface area contributed by atoms with Gasteiger partial charge in [-0.05, 0) is 73.4 Å². The Kier molecular flexibility index (Phi) is 9.45. The van der Waals surface area contributed by atoms with E-state index in [0.717, 1.165) is 24.0 Å². The van der Waals surface area contributed by atoms with Gasteiger partial charge >= 0.3 is 0 Å². The molecule has 3 rings (SSSR count). The van der Waals surface area contributed by atoms with Gasteiger partial charge in [0, 0.05) is 40.6 Å². The normalized spacial score (nSPS) is 24.0. The molecule has 34 heavy (non-hydrogen) atoms. The van der Waals surface area contributed by atoms with E-state index in [9.17, 15) is 15.0 Å². The van der Waals surface area contributed by atoms with Crippen molar-refractivity contribution >= 4 is 29.1 Å². The number of hydrogen-bond donors (Lipinski definition) is 2. The summed E-state index contributed by atoms with van der Waals surface area (Å²) in [4.78, 5) is 16.4. The molecule has 186 valence electrons. The van der Waals surface area contributed by atoms with Crippen molar-refractivity contribution < 1.29 is 15.0 Å². The van der Waals surface area contributed by atoms with Crippen LogP contribution in [0, 0.1) is 11.3 Å². The second-order valence-electron chi connectivity index (χ2n) is 9.87. The summed E-state index contributed by atoms with van der Waals surface area (Å²) in [6.45, 7) is 6.24. The van der Waals surface area contributed by atoms with Gasteiger partial charge in [0.25, 0.3) is 0 Å². The highest BCUT2D eigenvalue weighted by molar-refractivity contribution is 6.30. The first-order chi connectivity index (χ1) is 16.3. The van der Waals surface area contributed by atoms with Crippen molar-refractivity contribution in [2.75, 3.05) is 13.2 Å². The fraction of sp³-hybridized carbons (Fsp3) is 0.536. The number of rotatable bonds is 10. The Labute approximate surface area is 213 Å². The van der Waals surface area contributed by atoms with Gasteiger partial charge in [0.15, 0.2) is 0 Å². The van der Waals surface area contributed by atoms with Gasteiger partial charge in [-0.15, -0.1) is 0 Å². The lowest BCUT2D eigenvalue weighted by Gasteiger charge is -2.52. The van der Waals surface area contributed by atoms with Crippen molar-refractivity contribution in [2.24, 2.45) is 11.3 Å². The number of carbonyl (C=O) groups is 1. The summed E-state index contributed by atoms with van der Waals surface area (Å²) >= 11 is 12.6. The number of carbonyl (C=O) groups excluding carboxylic acids is 1. The molecule has 1 saturated heterocycles. The van der Waals surface area contributed by atoms with E-state index < -0.39 is 5.41 Å². The van der Waals surface area contributed by atoms with Gasteiger partial charge in [-0.1, -0.05) is 68.2 Å². The lowest BCUT2D eigenvalue weighted by Crippen LogP contribution is -2.56. The molecular weight excluding hydrogens is 469 g/mol. The topological polar surface area (TPSA) is 60.8 Å². The summed E-state index contributed by atoms with van der Waals surface area (Å²) in [5.41, 5.74) is 1.50. The third kappa shape index (κ3) is 5.79. The van der Waals surface area contributed by atoms with Crippen LogP contribution in [-0.2, 0) is 4.79 Å². The van der Waals surface area contributed by atoms with Crippen LogP contribution >= 0.6 is 23.2 Å². The van der Waals surface area contributed by atoms with E-state index in [1.165, 1.54) is 0 Å². The zero-order valence-corrected chi connectivity index (χ0v) is 21.9. The number of hydrogen-bond acceptors (Lipinski definition) is 3. The number of piperidine rings is 1. The van der Waals surface area contributed by atoms with Gasteiger partial charge in [0.1, 0.15) is 0 Å². The molecule has 1 aliphatic rings. The number of nitrogens with zero attached hydrogens (tertiary/aromatic N) is 1. The van der Waals surface area contributed by atoms with Crippen molar-refractivity contribution in [3.8, 4) is 0 Å². The largest absolute Gasteiger partial charge is 0.396 e. The van der Waals surface area contributed by atoms with Crippen LogP contribution in [0.3, 0.4) is 0 Å². The second-order valence-corrected chi connectivity index (χ2v) is 10.7. The second kappa shape index (κ2) is 11.9. The number of amides is 1. The van der Waals surface area contributed by atoms with Gasteiger partial charge in [0.2, 0.25) is 5.91 Å². The number of benzene rings is 2. The molecule has 2 aromatic rings. The molecule has 4 atom stereocenters. The minimum absolute atomic E-state index is 0.00310. The quantitative estimate of drug-likeness (QED) is 0.381. The number of aliphatic hydroxyl groups excluding tert-OH is 2. The minimum Gasteiger partial charge on any atom is -0.396 e. The molecule has 1 aliphatic heterocycles. The number of aliphatic hydroxyl groups is 2. The minimum atomic E-state index is -0.666. The van der Waals surface area contributed by atoms with Crippen molar-refractivity contribution in [3.05, 3.63) is 69.7 Å². The van der Waals surface area contributed by atoms with E-state index in [1.54, 1.807) is 0 Å². The predicted octanol–water partition coefficient (Wildman–Crippen LogP) is 6.63. The summed E-state index contributed by atoms with van der Waals surface area (Å²) in [6, 6.07) is 15.7. The standard InChI is InChI=1S/C28H37Cl2NO3/c1-4-24(5-2)31-26(20-9-11-22(29)12-10-20)25(21-7-6-8-23(30)15-21)17-28(3,27(31)34)16-19(18-33)13-14-32/h6-12,15,19,24-26,32-33H,4-5,13-14,16-18H2,1-3H3/t19?,25-,26-,28+/m1/s1. The first-order valence-electron chi connectivity index (χ1n) is 12.3. The highest BCUT2D eigenvalue weighted by Crippen LogP contribution is 2.53. The first-order valence-corrected chi connectivity index (χ1v) is 13.1. The van der Waals surface area contributed by atoms with Gasteiger partial charge in [-0.2, -0.15) is 0 Å². The average molecular weight is 507 g/mol. The lowest BCUT2D eigenvalue weighted by molar-refractivity contribution is -0.156. The van der Waals surface area contributed by atoms with Crippen LogP contribution in [0.5, 0.6) is 0 Å². The molecule has 0 saturated carbocycles. The molecule has 0 aliphatic carbocycles. The third-order valence-electron chi connectivity index (χ3n) is 7.46. The van der Waals surface area contributed by atoms with Crippen LogP contribution < -0.4 is 0 Å². The van der Waals surface area contributed by atoms with E-state index in [-0.39, 0.29) is 43.0 Å². The van der Waals surface area contributed by atoms with Gasteiger partial charge < -0.3 is 15.1 Å². The maximum Gasteiger partial charge on any atom is 0.229 e. The molecule has 1 unspecified atom stereocenters. The average Bonchev–Trinajstić information content (AvgIpc) is 2.83. The van der Waals surface area contributed by atoms with Crippen LogP contribution in [0.25, 0.3) is 0 Å². The maximum atomic E-state index is 14.3. The predicted molar refractivity (Wildman–Crippen MR) is 139 cm³/mol. The summed E-state index contributed by atoms with van der Waals surface area (Å²) in [6.07, 6.45) is 3.35. The van der Waals surface area contributed by atoms with E-state index in [0.29, 0.717) is 29.3 Å². The molecule has 0 bridgehead atoms. The molecule has 2 N–H and O–H groups in total. The van der Waals surface area contributed by atoms with Crippen LogP contribution in [0.4, 0.5) is 0 Å². The first kappa shape index (κ1) is 27.0. The monoisotopic (exact) mass is 505 g/mol. The van der Waals surface area contributed by atoms with E-state index in [1.807, 2.05) is 49.4 Å². The smallest absolute Gasteiger partial charge is 0.229 e. The van der Waals surface area contributed by atoms with Crippen molar-refractivity contribution in [2.45, 2.75) is 70.9 Å². The Balaban J connectivity index is 2.18. The van der Waals surface area contributed by atoms with Gasteiger partial charge in [-0.25, -0.2) is 0 Å². The zero-order chi connectivity index (χ0) is 24.9. The summed E-state index contributed by atoms with van der Waals surface area (Å²) in [7, 11) is 0. The molecule has 0 radical (unpaired) electrons. The highest BCUT2D eigenvalue weighted by Gasteiger charge is 2.51. The van der Waals surface area contributed by atoms with Crippen LogP contribution in [0.2, 0.25) is 10.0 Å². The number of halogens is 2. The summed E-state index contributed by atoms with van der Waals surface area (Å²) < 4.78 is 0. The SMILES string of the molecule is CCC(CC)N1C(=O)[C@@](C)(CC(CO)CCO)C[C@H](c2cccc(Cl)c2)[C@H]1c1ccc(Cl)cc1. The molecule has 1 amide bonds. The Morgan fingerprint density at radius 2 is 1.71 bits per heavy atom. The molecule has 2 aromatic carbocycles. The summed E-state index contributed by atoms with van der Waals surface area (Å²) in [5, 5.41) is 20.8. The van der Waals surface area contributed by atoms with Crippen molar-refractivity contribution in [1.82, 2.24) is 4.90 Å². The zero-order valence-electron chi connectivity index (χ0n) is 20.4. The van der Waals surface area contributed by atoms with Crippen LogP contribution in [0.1, 0.15) is 76.0 Å². The Bertz CT molecular complexity index is 947. The van der Waals surface area contributed by atoms with Crippen molar-refractivity contribution in [3.63, 3.8) is 0 Å². The van der Waals surface area contributed by atoms with Crippen molar-refractivity contribution in [1.29, 1.82) is 0 Å². The third-order valence-corrected chi connectivity index (χ3v) is 7.95. The summed E-state index contributed by atoms with van der Waals surface area (Å²) in [5.74, 6) is 0.0158. The fourth-order valence-electron chi connectivity index (χ4n) is 5.73. The Morgan fingerprint density at radius 1 is 1.03 bits per heavy atom. The number of likely N-dealkylation sites (tertiary alicyclic amines) is 1. The molecule has 0 spiro atoms. The van der Waals surface area contributed by atoms with Crippen LogP contribution in [-0.4, -0.2) is 40.3 Å². The lowest BCUT2D eigenvalue weighted by atomic mass is 9.65. The van der Waals surface area contributed by atoms with Gasteiger partial charge in [0.05, 0.1) is 6.04 Å². The van der Waals surface area contributed by atoms with E-state index in [2.05, 4.69) is 24.8 Å². The highest BCUT2D eigenvalue weighted by atomic mass is 35.5. The molecule has 1 heterocycles. The molecular formula is C28H37Cl2NO3. The van der Waals surface area contributed by atoms with Gasteiger partial charge in [-0.3, -0.25) is 4.79 Å². The van der Waals surface area contributed by atoms with E-state index in [4.69, 9.17) is 23.2 Å². The van der Waals surface area contributed by atoms with E-state index >= 15 is 0 Å². The molecule has 1 fully saturated rings. The Morgan fingerprint density at radius 3 is 2.26 bits per heavy atom. The fourth-order valence-corrected chi connectivity index (χ4v) is 6.05. The maximum absolute atomic E-state index is 14.3. The molecule has 0 aromatic heterocycles. The molecule has 6 heteroatoms. The Hall–Kier alpha value is -1.59. The molecule has 4 nitrogen and oxygen atoms in total. The van der Waals surface area contributed by atoms with Crippen LogP contribution in [0.15, 0.2) is 48.5 Å².